The monoisotopic (exact) mass is 284 g/mol. The molecule has 1 unspecified atom stereocenters. The summed E-state index contributed by atoms with van der Waals surface area (Å²) in [5.74, 6) is 0.700. The first-order valence-corrected chi connectivity index (χ1v) is 7.69. The Kier molecular flexibility index (Phi) is 4.99. The van der Waals surface area contributed by atoms with Crippen LogP contribution in [0.25, 0.3) is 0 Å². The largest absolute Gasteiger partial charge is 0.392 e. The predicted molar refractivity (Wildman–Crippen MR) is 83.9 cm³/mol. The van der Waals surface area contributed by atoms with E-state index in [9.17, 15) is 4.79 Å². The van der Waals surface area contributed by atoms with Crippen LogP contribution < -0.4 is 5.73 Å². The third kappa shape index (κ3) is 3.10. The lowest BCUT2D eigenvalue weighted by Crippen LogP contribution is -2.49. The summed E-state index contributed by atoms with van der Waals surface area (Å²) in [4.78, 5) is 15.1. The van der Waals surface area contributed by atoms with Gasteiger partial charge in [-0.05, 0) is 30.6 Å². The summed E-state index contributed by atoms with van der Waals surface area (Å²) in [6, 6.07) is 0. The highest BCUT2D eigenvalue weighted by Gasteiger charge is 2.44. The zero-order valence-electron chi connectivity index (χ0n) is 13.0. The van der Waals surface area contributed by atoms with Crippen molar-refractivity contribution in [1.29, 1.82) is 0 Å². The minimum Gasteiger partial charge on any atom is -0.392 e. The zero-order valence-corrected chi connectivity index (χ0v) is 13.8. The Bertz CT molecular complexity index is 356. The molecule has 1 atom stereocenters. The fourth-order valence-corrected chi connectivity index (χ4v) is 3.34. The summed E-state index contributed by atoms with van der Waals surface area (Å²) >= 11 is 5.17. The molecule has 19 heavy (non-hydrogen) atoms. The first-order chi connectivity index (χ1) is 8.69. The van der Waals surface area contributed by atoms with Crippen LogP contribution in [0.5, 0.6) is 0 Å². The van der Waals surface area contributed by atoms with Crippen LogP contribution in [0.3, 0.4) is 0 Å². The summed E-state index contributed by atoms with van der Waals surface area (Å²) in [7, 11) is 0. The highest BCUT2D eigenvalue weighted by atomic mass is 32.1. The number of amides is 1. The number of carbonyl (C=O) groups is 1. The number of thiocarbonyl (C=S) groups is 1. The van der Waals surface area contributed by atoms with Crippen molar-refractivity contribution in [3.05, 3.63) is 0 Å². The molecule has 1 amide bonds. The summed E-state index contributed by atoms with van der Waals surface area (Å²) in [5.41, 5.74) is 5.48. The third-order valence-corrected chi connectivity index (χ3v) is 5.18. The molecule has 4 heteroatoms. The van der Waals surface area contributed by atoms with Gasteiger partial charge in [-0.1, -0.05) is 46.8 Å². The maximum Gasteiger partial charge on any atom is 0.235 e. The number of rotatable bonds is 4. The molecule has 0 bridgehead atoms. The van der Waals surface area contributed by atoms with Crippen molar-refractivity contribution in [1.82, 2.24) is 4.90 Å². The molecule has 1 aliphatic rings. The van der Waals surface area contributed by atoms with Crippen molar-refractivity contribution in [2.75, 3.05) is 13.1 Å². The fraction of sp³-hybridized carbons (Fsp3) is 0.867. The molecule has 0 spiro atoms. The molecule has 1 fully saturated rings. The Morgan fingerprint density at radius 3 is 2.16 bits per heavy atom. The van der Waals surface area contributed by atoms with Gasteiger partial charge in [0.1, 0.15) is 0 Å². The van der Waals surface area contributed by atoms with E-state index in [2.05, 4.69) is 20.8 Å². The van der Waals surface area contributed by atoms with E-state index in [-0.39, 0.29) is 11.3 Å². The lowest BCUT2D eigenvalue weighted by molar-refractivity contribution is -0.137. The van der Waals surface area contributed by atoms with Crippen molar-refractivity contribution in [3.8, 4) is 0 Å². The van der Waals surface area contributed by atoms with Crippen molar-refractivity contribution in [2.24, 2.45) is 22.5 Å². The number of likely N-dealkylation sites (tertiary alicyclic amines) is 1. The van der Waals surface area contributed by atoms with E-state index in [0.717, 1.165) is 19.5 Å². The van der Waals surface area contributed by atoms with Gasteiger partial charge in [0.25, 0.3) is 0 Å². The molecule has 0 aromatic rings. The number of carbonyl (C=O) groups excluding carboxylic acids is 1. The molecule has 1 heterocycles. The molecule has 0 aromatic heterocycles. The van der Waals surface area contributed by atoms with Crippen LogP contribution in [0.4, 0.5) is 0 Å². The number of nitrogens with two attached hydrogens (primary N) is 1. The lowest BCUT2D eigenvalue weighted by Gasteiger charge is -2.34. The van der Waals surface area contributed by atoms with Crippen LogP contribution in [-0.2, 0) is 4.79 Å². The van der Waals surface area contributed by atoms with Crippen LogP contribution in [0, 0.1) is 16.7 Å². The molecule has 0 aliphatic carbocycles. The summed E-state index contributed by atoms with van der Waals surface area (Å²) in [6.07, 6.45) is 2.46. The third-order valence-electron chi connectivity index (χ3n) is 4.79. The Balaban J connectivity index is 2.87. The summed E-state index contributed by atoms with van der Waals surface area (Å²) in [5, 5.41) is 0. The summed E-state index contributed by atoms with van der Waals surface area (Å²) < 4.78 is 0. The average molecular weight is 284 g/mol. The normalized spacial score (nSPS) is 20.7. The Hall–Kier alpha value is -0.640. The molecule has 0 saturated carbocycles. The maximum atomic E-state index is 12.8. The van der Waals surface area contributed by atoms with E-state index in [4.69, 9.17) is 18.0 Å². The highest BCUT2D eigenvalue weighted by Crippen LogP contribution is 2.37. The predicted octanol–water partition coefficient (Wildman–Crippen LogP) is 2.97. The maximum absolute atomic E-state index is 12.8. The molecule has 1 rings (SSSR count). The van der Waals surface area contributed by atoms with Gasteiger partial charge in [-0.3, -0.25) is 4.79 Å². The minimum atomic E-state index is -0.637. The van der Waals surface area contributed by atoms with E-state index in [0.29, 0.717) is 23.7 Å². The molecule has 1 aliphatic heterocycles. The molecule has 3 nitrogen and oxygen atoms in total. The van der Waals surface area contributed by atoms with Crippen LogP contribution in [0.1, 0.15) is 53.9 Å². The second-order valence-electron chi connectivity index (χ2n) is 6.76. The van der Waals surface area contributed by atoms with Gasteiger partial charge in [0, 0.05) is 13.1 Å². The van der Waals surface area contributed by atoms with Crippen LogP contribution in [0.15, 0.2) is 0 Å². The number of hydrogen-bond donors (Lipinski definition) is 1. The molecule has 0 radical (unpaired) electrons. The lowest BCUT2D eigenvalue weighted by atomic mass is 9.79. The van der Waals surface area contributed by atoms with Crippen molar-refractivity contribution < 1.29 is 4.79 Å². The number of nitrogens with zero attached hydrogens (tertiary/aromatic N) is 1. The minimum absolute atomic E-state index is 0.136. The Labute approximate surface area is 122 Å². The van der Waals surface area contributed by atoms with E-state index >= 15 is 0 Å². The molecular weight excluding hydrogens is 256 g/mol. The van der Waals surface area contributed by atoms with Gasteiger partial charge in [0.2, 0.25) is 5.91 Å². The van der Waals surface area contributed by atoms with Crippen LogP contribution >= 0.6 is 12.2 Å². The SMILES string of the molecule is CCC(CC)(C(=O)N1CCC(C(C)(C)C)C1)C(N)=S. The van der Waals surface area contributed by atoms with Crippen molar-refractivity contribution in [3.63, 3.8) is 0 Å². The summed E-state index contributed by atoms with van der Waals surface area (Å²) in [6.45, 7) is 12.4. The van der Waals surface area contributed by atoms with Gasteiger partial charge in [0.05, 0.1) is 10.4 Å². The van der Waals surface area contributed by atoms with E-state index in [1.165, 1.54) is 0 Å². The Morgan fingerprint density at radius 1 is 1.32 bits per heavy atom. The second kappa shape index (κ2) is 5.78. The van der Waals surface area contributed by atoms with Gasteiger partial charge in [-0.15, -0.1) is 0 Å². The Morgan fingerprint density at radius 2 is 1.84 bits per heavy atom. The van der Waals surface area contributed by atoms with Gasteiger partial charge >= 0.3 is 0 Å². The molecule has 0 aromatic carbocycles. The van der Waals surface area contributed by atoms with E-state index in [1.807, 2.05) is 18.7 Å². The first kappa shape index (κ1) is 16.4. The van der Waals surface area contributed by atoms with Crippen molar-refractivity contribution >= 4 is 23.1 Å². The van der Waals surface area contributed by atoms with Gasteiger partial charge in [0.15, 0.2) is 0 Å². The first-order valence-electron chi connectivity index (χ1n) is 7.28. The van der Waals surface area contributed by atoms with E-state index < -0.39 is 5.41 Å². The second-order valence-corrected chi connectivity index (χ2v) is 7.20. The highest BCUT2D eigenvalue weighted by molar-refractivity contribution is 7.80. The molecular formula is C15H28N2OS. The molecule has 110 valence electrons. The van der Waals surface area contributed by atoms with Crippen LogP contribution in [0.2, 0.25) is 0 Å². The quantitative estimate of drug-likeness (QED) is 0.807. The van der Waals surface area contributed by atoms with Gasteiger partial charge in [-0.25, -0.2) is 0 Å². The average Bonchev–Trinajstić information content (AvgIpc) is 2.79. The number of hydrogen-bond acceptors (Lipinski definition) is 2. The topological polar surface area (TPSA) is 46.3 Å². The molecule has 2 N–H and O–H groups in total. The molecule has 1 saturated heterocycles. The van der Waals surface area contributed by atoms with Crippen LogP contribution in [-0.4, -0.2) is 28.9 Å². The smallest absolute Gasteiger partial charge is 0.235 e. The van der Waals surface area contributed by atoms with Gasteiger partial charge < -0.3 is 10.6 Å². The van der Waals surface area contributed by atoms with Crippen molar-refractivity contribution in [2.45, 2.75) is 53.9 Å². The van der Waals surface area contributed by atoms with E-state index in [1.54, 1.807) is 0 Å². The van der Waals surface area contributed by atoms with Gasteiger partial charge in [-0.2, -0.15) is 0 Å². The fourth-order valence-electron chi connectivity index (χ4n) is 2.96. The zero-order chi connectivity index (χ0) is 14.8. The standard InChI is InChI=1S/C15H28N2OS/c1-6-15(7-2,12(16)19)13(18)17-9-8-11(10-17)14(3,4)5/h11H,6-10H2,1-5H3,(H2,16,19).